The zero-order valence-corrected chi connectivity index (χ0v) is 13.9. The third kappa shape index (κ3) is 6.61. The fraction of sp³-hybridized carbons (Fsp3) is 0.529. The van der Waals surface area contributed by atoms with Crippen molar-refractivity contribution in [1.82, 2.24) is 10.6 Å². The Bertz CT molecular complexity index is 474. The van der Waals surface area contributed by atoms with Crippen LogP contribution in [0.4, 0.5) is 0 Å². The molecule has 1 rings (SSSR count). The van der Waals surface area contributed by atoms with Gasteiger partial charge in [-0.05, 0) is 25.3 Å². The number of rotatable bonds is 7. The van der Waals surface area contributed by atoms with E-state index >= 15 is 0 Å². The number of aryl methyl sites for hydroxylation is 1. The van der Waals surface area contributed by atoms with Gasteiger partial charge in [0, 0.05) is 19.6 Å². The number of methoxy groups -OCH3 is 1. The van der Waals surface area contributed by atoms with Gasteiger partial charge < -0.3 is 15.4 Å². The molecule has 0 aliphatic carbocycles. The van der Waals surface area contributed by atoms with Crippen LogP contribution >= 0.6 is 0 Å². The van der Waals surface area contributed by atoms with E-state index in [9.17, 15) is 4.79 Å². The van der Waals surface area contributed by atoms with Crippen LogP contribution in [0.25, 0.3) is 0 Å². The highest BCUT2D eigenvalue weighted by Gasteiger charge is 2.14. The standard InChI is InChI=1S/C17H27N3O2/c1-13(16(21)22-4)12-19-17(18-3)20-14(2)10-11-15-8-6-5-7-9-15/h5-9,13-14H,10-12H2,1-4H3,(H2,18,19,20). The summed E-state index contributed by atoms with van der Waals surface area (Å²) in [7, 11) is 3.12. The molecule has 0 spiro atoms. The van der Waals surface area contributed by atoms with Crippen molar-refractivity contribution in [1.29, 1.82) is 0 Å². The summed E-state index contributed by atoms with van der Waals surface area (Å²) < 4.78 is 4.71. The average Bonchev–Trinajstić information content (AvgIpc) is 2.56. The number of carbonyl (C=O) groups is 1. The summed E-state index contributed by atoms with van der Waals surface area (Å²) in [5, 5.41) is 6.49. The number of benzene rings is 1. The van der Waals surface area contributed by atoms with Crippen molar-refractivity contribution < 1.29 is 9.53 Å². The molecule has 5 heteroatoms. The molecule has 0 saturated carbocycles. The van der Waals surface area contributed by atoms with Crippen molar-refractivity contribution in [3.63, 3.8) is 0 Å². The molecule has 0 heterocycles. The van der Waals surface area contributed by atoms with E-state index in [4.69, 9.17) is 4.74 Å². The van der Waals surface area contributed by atoms with Crippen LogP contribution in [0, 0.1) is 5.92 Å². The third-order valence-electron chi connectivity index (χ3n) is 3.49. The lowest BCUT2D eigenvalue weighted by Crippen LogP contribution is -2.44. The first-order valence-corrected chi connectivity index (χ1v) is 7.65. The molecule has 2 atom stereocenters. The molecule has 5 nitrogen and oxygen atoms in total. The topological polar surface area (TPSA) is 62.7 Å². The normalized spacial score (nSPS) is 14.1. The lowest BCUT2D eigenvalue weighted by atomic mass is 10.1. The Balaban J connectivity index is 2.34. The predicted octanol–water partition coefficient (Wildman–Crippen LogP) is 1.98. The molecular formula is C17H27N3O2. The summed E-state index contributed by atoms with van der Waals surface area (Å²) in [6.07, 6.45) is 2.03. The number of nitrogens with zero attached hydrogens (tertiary/aromatic N) is 1. The highest BCUT2D eigenvalue weighted by atomic mass is 16.5. The van der Waals surface area contributed by atoms with Gasteiger partial charge in [-0.15, -0.1) is 0 Å². The minimum absolute atomic E-state index is 0.205. The number of hydrogen-bond donors (Lipinski definition) is 2. The SMILES string of the molecule is CN=C(NCC(C)C(=O)OC)NC(C)CCc1ccccc1. The monoisotopic (exact) mass is 305 g/mol. The van der Waals surface area contributed by atoms with Crippen molar-refractivity contribution in [2.24, 2.45) is 10.9 Å². The Hall–Kier alpha value is -2.04. The Kier molecular flexibility index (Phi) is 8.04. The number of carbonyl (C=O) groups excluding carboxylic acids is 1. The molecule has 0 saturated heterocycles. The molecule has 0 aromatic heterocycles. The van der Waals surface area contributed by atoms with E-state index < -0.39 is 0 Å². The van der Waals surface area contributed by atoms with E-state index in [1.807, 2.05) is 13.0 Å². The summed E-state index contributed by atoms with van der Waals surface area (Å²) in [5.41, 5.74) is 1.33. The first-order chi connectivity index (χ1) is 10.6. The van der Waals surface area contributed by atoms with Gasteiger partial charge in [0.05, 0.1) is 13.0 Å². The summed E-state index contributed by atoms with van der Waals surface area (Å²) in [6.45, 7) is 4.45. The Morgan fingerprint density at radius 2 is 1.95 bits per heavy atom. The first-order valence-electron chi connectivity index (χ1n) is 7.65. The maximum absolute atomic E-state index is 11.4. The number of guanidine groups is 1. The van der Waals surface area contributed by atoms with Gasteiger partial charge in [0.1, 0.15) is 0 Å². The molecular weight excluding hydrogens is 278 g/mol. The molecule has 2 N–H and O–H groups in total. The van der Waals surface area contributed by atoms with Crippen LogP contribution < -0.4 is 10.6 Å². The summed E-state index contributed by atoms with van der Waals surface area (Å²) in [6, 6.07) is 10.7. The number of nitrogens with one attached hydrogen (secondary N) is 2. The second kappa shape index (κ2) is 9.82. The fourth-order valence-corrected chi connectivity index (χ4v) is 2.06. The van der Waals surface area contributed by atoms with E-state index in [2.05, 4.69) is 46.8 Å². The second-order valence-corrected chi connectivity index (χ2v) is 5.45. The lowest BCUT2D eigenvalue weighted by Gasteiger charge is -2.19. The van der Waals surface area contributed by atoms with Gasteiger partial charge in [-0.3, -0.25) is 9.79 Å². The van der Waals surface area contributed by atoms with Gasteiger partial charge in [-0.2, -0.15) is 0 Å². The largest absolute Gasteiger partial charge is 0.469 e. The maximum atomic E-state index is 11.4. The summed E-state index contributed by atoms with van der Waals surface area (Å²) in [4.78, 5) is 15.6. The van der Waals surface area contributed by atoms with Crippen LogP contribution in [0.15, 0.2) is 35.3 Å². The number of ether oxygens (including phenoxy) is 1. The zero-order chi connectivity index (χ0) is 16.4. The van der Waals surface area contributed by atoms with Crippen LogP contribution in [-0.2, 0) is 16.0 Å². The molecule has 0 aliphatic rings. The smallest absolute Gasteiger partial charge is 0.310 e. The predicted molar refractivity (Wildman–Crippen MR) is 89.9 cm³/mol. The number of esters is 1. The highest BCUT2D eigenvalue weighted by Crippen LogP contribution is 2.04. The molecule has 1 aromatic rings. The Morgan fingerprint density at radius 1 is 1.27 bits per heavy atom. The molecule has 0 amide bonds. The Morgan fingerprint density at radius 3 is 2.55 bits per heavy atom. The summed E-state index contributed by atoms with van der Waals surface area (Å²) in [5.74, 6) is 0.277. The van der Waals surface area contributed by atoms with Gasteiger partial charge in [-0.25, -0.2) is 0 Å². The van der Waals surface area contributed by atoms with Crippen LogP contribution in [-0.4, -0.2) is 38.7 Å². The minimum Gasteiger partial charge on any atom is -0.469 e. The van der Waals surface area contributed by atoms with Gasteiger partial charge >= 0.3 is 5.97 Å². The Labute approximate surface area is 133 Å². The fourth-order valence-electron chi connectivity index (χ4n) is 2.06. The number of aliphatic imine (C=N–C) groups is 1. The van der Waals surface area contributed by atoms with Gasteiger partial charge in [0.15, 0.2) is 5.96 Å². The molecule has 2 unspecified atom stereocenters. The molecule has 22 heavy (non-hydrogen) atoms. The van der Waals surface area contributed by atoms with Crippen LogP contribution in [0.2, 0.25) is 0 Å². The van der Waals surface area contributed by atoms with Crippen molar-refractivity contribution in [2.75, 3.05) is 20.7 Å². The van der Waals surface area contributed by atoms with E-state index in [0.717, 1.165) is 12.8 Å². The van der Waals surface area contributed by atoms with Gasteiger partial charge in [0.2, 0.25) is 0 Å². The quantitative estimate of drug-likeness (QED) is 0.459. The van der Waals surface area contributed by atoms with E-state index in [1.54, 1.807) is 7.05 Å². The minimum atomic E-state index is -0.222. The van der Waals surface area contributed by atoms with Gasteiger partial charge in [-0.1, -0.05) is 37.3 Å². The lowest BCUT2D eigenvalue weighted by molar-refractivity contribution is -0.144. The van der Waals surface area contributed by atoms with Crippen molar-refractivity contribution >= 4 is 11.9 Å². The van der Waals surface area contributed by atoms with Crippen molar-refractivity contribution in [3.8, 4) is 0 Å². The molecule has 0 aliphatic heterocycles. The molecule has 0 bridgehead atoms. The van der Waals surface area contributed by atoms with Crippen LogP contribution in [0.1, 0.15) is 25.8 Å². The van der Waals surface area contributed by atoms with E-state index in [-0.39, 0.29) is 11.9 Å². The van der Waals surface area contributed by atoms with E-state index in [0.29, 0.717) is 18.5 Å². The second-order valence-electron chi connectivity index (χ2n) is 5.45. The average molecular weight is 305 g/mol. The van der Waals surface area contributed by atoms with Crippen LogP contribution in [0.3, 0.4) is 0 Å². The molecule has 1 aromatic carbocycles. The first kappa shape index (κ1) is 18.0. The number of hydrogen-bond acceptors (Lipinski definition) is 3. The maximum Gasteiger partial charge on any atom is 0.310 e. The molecule has 122 valence electrons. The van der Waals surface area contributed by atoms with Crippen LogP contribution in [0.5, 0.6) is 0 Å². The molecule has 0 radical (unpaired) electrons. The highest BCUT2D eigenvalue weighted by molar-refractivity contribution is 5.81. The zero-order valence-electron chi connectivity index (χ0n) is 13.9. The third-order valence-corrected chi connectivity index (χ3v) is 3.49. The van der Waals surface area contributed by atoms with E-state index in [1.165, 1.54) is 12.7 Å². The van der Waals surface area contributed by atoms with Crippen molar-refractivity contribution in [3.05, 3.63) is 35.9 Å². The van der Waals surface area contributed by atoms with Crippen molar-refractivity contribution in [2.45, 2.75) is 32.7 Å². The molecule has 0 fully saturated rings. The summed E-state index contributed by atoms with van der Waals surface area (Å²) >= 11 is 0. The van der Waals surface area contributed by atoms with Gasteiger partial charge in [0.25, 0.3) is 0 Å².